The lowest BCUT2D eigenvalue weighted by Gasteiger charge is -2.31. The summed E-state index contributed by atoms with van der Waals surface area (Å²) in [6.45, 7) is 12.8. The summed E-state index contributed by atoms with van der Waals surface area (Å²) in [5.41, 5.74) is 4.58. The summed E-state index contributed by atoms with van der Waals surface area (Å²) in [6, 6.07) is 8.08. The standard InChI is InChI=1S/C30H43FN2O/c1-6-10-28-27(16-14-23(9-4)29(28)31)25-12-11-24-13-15-26(20-34)32-30(24)33(19-25)18-17-22(8-3)21(5)7-2/h13-16,20-22,25H,6-12,17-19H2,1-5H3. The molecule has 0 radical (unpaired) electrons. The summed E-state index contributed by atoms with van der Waals surface area (Å²) in [6.07, 6.45) is 8.60. The second-order valence-corrected chi connectivity index (χ2v) is 10.1. The van der Waals surface area contributed by atoms with Crippen LogP contribution in [0.1, 0.15) is 105 Å². The highest BCUT2D eigenvalue weighted by atomic mass is 19.1. The quantitative estimate of drug-likeness (QED) is 0.321. The lowest BCUT2D eigenvalue weighted by atomic mass is 9.86. The number of halogens is 1. The first-order chi connectivity index (χ1) is 16.5. The number of fused-ring (bicyclic) bond motifs is 1. The molecule has 1 aromatic carbocycles. The van der Waals surface area contributed by atoms with E-state index in [1.165, 1.54) is 24.0 Å². The first-order valence-corrected chi connectivity index (χ1v) is 13.5. The predicted molar refractivity (Wildman–Crippen MR) is 141 cm³/mol. The van der Waals surface area contributed by atoms with E-state index in [1.807, 2.05) is 19.1 Å². The Balaban J connectivity index is 1.97. The van der Waals surface area contributed by atoms with Gasteiger partial charge in [-0.3, -0.25) is 4.79 Å². The van der Waals surface area contributed by atoms with Crippen LogP contribution in [0.3, 0.4) is 0 Å². The van der Waals surface area contributed by atoms with Crippen molar-refractivity contribution in [3.8, 4) is 0 Å². The average Bonchev–Trinajstić information content (AvgIpc) is 3.04. The molecule has 34 heavy (non-hydrogen) atoms. The first kappa shape index (κ1) is 26.4. The predicted octanol–water partition coefficient (Wildman–Crippen LogP) is 7.55. The molecular weight excluding hydrogens is 423 g/mol. The minimum atomic E-state index is -0.000607. The van der Waals surface area contributed by atoms with Crippen molar-refractivity contribution >= 4 is 12.1 Å². The van der Waals surface area contributed by atoms with Crippen molar-refractivity contribution in [2.24, 2.45) is 11.8 Å². The molecule has 3 rings (SSSR count). The van der Waals surface area contributed by atoms with E-state index in [1.54, 1.807) is 0 Å². The fraction of sp³-hybridized carbons (Fsp3) is 0.600. The smallest absolute Gasteiger partial charge is 0.168 e. The Bertz CT molecular complexity index is 957. The topological polar surface area (TPSA) is 33.2 Å². The molecule has 0 amide bonds. The third kappa shape index (κ3) is 5.87. The Morgan fingerprint density at radius 2 is 1.94 bits per heavy atom. The lowest BCUT2D eigenvalue weighted by Crippen LogP contribution is -2.32. The Morgan fingerprint density at radius 1 is 1.15 bits per heavy atom. The molecule has 4 heteroatoms. The molecule has 186 valence electrons. The molecule has 3 nitrogen and oxygen atoms in total. The minimum absolute atomic E-state index is 0.000607. The van der Waals surface area contributed by atoms with Crippen LogP contribution in [-0.4, -0.2) is 24.4 Å². The van der Waals surface area contributed by atoms with Crippen LogP contribution in [-0.2, 0) is 19.3 Å². The number of aromatic nitrogens is 1. The van der Waals surface area contributed by atoms with Gasteiger partial charge in [0.05, 0.1) is 0 Å². The number of carbonyl (C=O) groups is 1. The van der Waals surface area contributed by atoms with Crippen molar-refractivity contribution in [1.82, 2.24) is 4.98 Å². The third-order valence-electron chi connectivity index (χ3n) is 8.02. The number of rotatable bonds is 11. The van der Waals surface area contributed by atoms with Crippen LogP contribution in [0.15, 0.2) is 24.3 Å². The summed E-state index contributed by atoms with van der Waals surface area (Å²) in [5.74, 6) is 2.56. The summed E-state index contributed by atoms with van der Waals surface area (Å²) < 4.78 is 15.4. The van der Waals surface area contributed by atoms with Gasteiger partial charge >= 0.3 is 0 Å². The lowest BCUT2D eigenvalue weighted by molar-refractivity contribution is 0.111. The van der Waals surface area contributed by atoms with Gasteiger partial charge in [0, 0.05) is 19.0 Å². The van der Waals surface area contributed by atoms with Crippen molar-refractivity contribution in [3.63, 3.8) is 0 Å². The van der Waals surface area contributed by atoms with Crippen molar-refractivity contribution in [3.05, 3.63) is 58.0 Å². The van der Waals surface area contributed by atoms with Gasteiger partial charge in [-0.15, -0.1) is 0 Å². The zero-order chi connectivity index (χ0) is 24.7. The molecule has 1 aromatic heterocycles. The van der Waals surface area contributed by atoms with E-state index in [0.29, 0.717) is 17.5 Å². The number of hydrogen-bond acceptors (Lipinski definition) is 3. The number of pyridine rings is 1. The van der Waals surface area contributed by atoms with E-state index in [4.69, 9.17) is 4.98 Å². The molecule has 3 unspecified atom stereocenters. The summed E-state index contributed by atoms with van der Waals surface area (Å²) >= 11 is 0. The van der Waals surface area contributed by atoms with Crippen LogP contribution >= 0.6 is 0 Å². The maximum atomic E-state index is 15.4. The maximum absolute atomic E-state index is 15.4. The molecule has 0 aliphatic carbocycles. The third-order valence-corrected chi connectivity index (χ3v) is 8.02. The SMILES string of the molecule is CCCc1c(C2CCc3ccc(C=O)nc3N(CCC(CC)C(C)CC)C2)ccc(CC)c1F. The first-order valence-electron chi connectivity index (χ1n) is 13.5. The molecule has 0 saturated heterocycles. The largest absolute Gasteiger partial charge is 0.356 e. The summed E-state index contributed by atoms with van der Waals surface area (Å²) in [4.78, 5) is 18.7. The van der Waals surface area contributed by atoms with Crippen LogP contribution in [0, 0.1) is 17.7 Å². The molecule has 1 aliphatic heterocycles. The van der Waals surface area contributed by atoms with Gasteiger partial charge in [0.25, 0.3) is 0 Å². The molecule has 1 aliphatic rings. The highest BCUT2D eigenvalue weighted by molar-refractivity contribution is 5.73. The molecule has 0 fully saturated rings. The minimum Gasteiger partial charge on any atom is -0.356 e. The van der Waals surface area contributed by atoms with Crippen molar-refractivity contribution in [2.75, 3.05) is 18.0 Å². The van der Waals surface area contributed by atoms with Crippen LogP contribution in [0.2, 0.25) is 0 Å². The van der Waals surface area contributed by atoms with E-state index in [-0.39, 0.29) is 11.7 Å². The number of benzene rings is 1. The van der Waals surface area contributed by atoms with Gasteiger partial charge in [-0.25, -0.2) is 9.37 Å². The molecule has 0 N–H and O–H groups in total. The second-order valence-electron chi connectivity index (χ2n) is 10.1. The highest BCUT2D eigenvalue weighted by Crippen LogP contribution is 2.36. The van der Waals surface area contributed by atoms with Crippen molar-refractivity contribution in [1.29, 1.82) is 0 Å². The summed E-state index contributed by atoms with van der Waals surface area (Å²) in [7, 11) is 0. The van der Waals surface area contributed by atoms with Crippen LogP contribution < -0.4 is 4.90 Å². The highest BCUT2D eigenvalue weighted by Gasteiger charge is 2.28. The monoisotopic (exact) mass is 466 g/mol. The van der Waals surface area contributed by atoms with Gasteiger partial charge in [-0.2, -0.15) is 0 Å². The zero-order valence-electron chi connectivity index (χ0n) is 21.9. The van der Waals surface area contributed by atoms with Gasteiger partial charge in [0.2, 0.25) is 0 Å². The van der Waals surface area contributed by atoms with Gasteiger partial charge in [-0.05, 0) is 72.3 Å². The fourth-order valence-electron chi connectivity index (χ4n) is 5.64. The Morgan fingerprint density at radius 3 is 2.59 bits per heavy atom. The molecule has 0 bridgehead atoms. The zero-order valence-corrected chi connectivity index (χ0v) is 21.9. The molecule has 3 atom stereocenters. The van der Waals surface area contributed by atoms with E-state index in [0.717, 1.165) is 74.8 Å². The van der Waals surface area contributed by atoms with Gasteiger partial charge in [0.15, 0.2) is 6.29 Å². The van der Waals surface area contributed by atoms with Crippen LogP contribution in [0.5, 0.6) is 0 Å². The number of aldehydes is 1. The van der Waals surface area contributed by atoms with E-state index >= 15 is 4.39 Å². The van der Waals surface area contributed by atoms with Gasteiger partial charge in [0.1, 0.15) is 17.3 Å². The Kier molecular flexibility index (Phi) is 9.67. The summed E-state index contributed by atoms with van der Waals surface area (Å²) in [5, 5.41) is 0. The Labute approximate surface area is 206 Å². The van der Waals surface area contributed by atoms with Crippen LogP contribution in [0.25, 0.3) is 0 Å². The normalized spacial score (nSPS) is 17.7. The van der Waals surface area contributed by atoms with Crippen molar-refractivity contribution < 1.29 is 9.18 Å². The number of carbonyl (C=O) groups excluding carboxylic acids is 1. The van der Waals surface area contributed by atoms with Gasteiger partial charge in [-0.1, -0.05) is 72.1 Å². The molecule has 0 saturated carbocycles. The number of nitrogens with zero attached hydrogens (tertiary/aromatic N) is 2. The number of anilines is 1. The van der Waals surface area contributed by atoms with Crippen molar-refractivity contribution in [2.45, 2.75) is 91.9 Å². The number of hydrogen-bond donors (Lipinski definition) is 0. The number of aryl methyl sites for hydroxylation is 2. The van der Waals surface area contributed by atoms with Crippen LogP contribution in [0.4, 0.5) is 10.2 Å². The average molecular weight is 467 g/mol. The van der Waals surface area contributed by atoms with E-state index in [2.05, 4.69) is 44.7 Å². The Hall–Kier alpha value is -2.23. The fourth-order valence-corrected chi connectivity index (χ4v) is 5.64. The van der Waals surface area contributed by atoms with Gasteiger partial charge < -0.3 is 4.90 Å². The molecular formula is C30H43FN2O. The molecule has 2 heterocycles. The second kappa shape index (κ2) is 12.5. The van der Waals surface area contributed by atoms with E-state index < -0.39 is 0 Å². The molecule has 0 spiro atoms. The maximum Gasteiger partial charge on any atom is 0.168 e. The molecule has 2 aromatic rings. The van der Waals surface area contributed by atoms with E-state index in [9.17, 15) is 4.79 Å².